The molecule has 0 spiro atoms. The van der Waals surface area contributed by atoms with Crippen LogP contribution in [0.4, 0.5) is 0 Å². The monoisotopic (exact) mass is 398 g/mol. The normalized spacial score (nSPS) is 12.0. The van der Waals surface area contributed by atoms with Crippen molar-refractivity contribution in [2.75, 3.05) is 0 Å². The molecular formula is C18H15BrN4S. The highest BCUT2D eigenvalue weighted by Crippen LogP contribution is 2.18. The maximum Gasteiger partial charge on any atom is 0.216 e. The van der Waals surface area contributed by atoms with Crippen molar-refractivity contribution in [2.45, 2.75) is 6.92 Å². The van der Waals surface area contributed by atoms with Crippen LogP contribution in [0.5, 0.6) is 0 Å². The summed E-state index contributed by atoms with van der Waals surface area (Å²) in [4.78, 5) is 0. The number of aryl methyl sites for hydroxylation is 1. The van der Waals surface area contributed by atoms with E-state index in [2.05, 4.69) is 31.2 Å². The fourth-order valence-electron chi connectivity index (χ4n) is 2.15. The molecule has 1 N–H and O–H groups in total. The van der Waals surface area contributed by atoms with E-state index in [-0.39, 0.29) is 0 Å². The van der Waals surface area contributed by atoms with E-state index in [9.17, 15) is 0 Å². The number of H-pyrrole nitrogens is 1. The van der Waals surface area contributed by atoms with Crippen molar-refractivity contribution in [2.24, 2.45) is 5.10 Å². The predicted molar refractivity (Wildman–Crippen MR) is 105 cm³/mol. The summed E-state index contributed by atoms with van der Waals surface area (Å²) in [5.41, 5.74) is 3.23. The Kier molecular flexibility index (Phi) is 5.17. The van der Waals surface area contributed by atoms with Crippen molar-refractivity contribution in [1.82, 2.24) is 14.9 Å². The van der Waals surface area contributed by atoms with Gasteiger partial charge in [-0.3, -0.25) is 0 Å². The molecule has 0 amide bonds. The van der Waals surface area contributed by atoms with Crippen LogP contribution in [0, 0.1) is 11.7 Å². The number of aromatic nitrogens is 3. The van der Waals surface area contributed by atoms with Crippen molar-refractivity contribution in [1.29, 1.82) is 0 Å². The van der Waals surface area contributed by atoms with Gasteiger partial charge in [0.15, 0.2) is 5.82 Å². The molecular weight excluding hydrogens is 384 g/mol. The second-order valence-electron chi connectivity index (χ2n) is 5.21. The van der Waals surface area contributed by atoms with Crippen LogP contribution >= 0.6 is 28.1 Å². The molecule has 24 heavy (non-hydrogen) atoms. The first-order valence-corrected chi connectivity index (χ1v) is 8.55. The summed E-state index contributed by atoms with van der Waals surface area (Å²) in [6.07, 6.45) is 3.69. The molecule has 6 heteroatoms. The maximum atomic E-state index is 5.28. The van der Waals surface area contributed by atoms with E-state index in [1.54, 1.807) is 10.9 Å². The largest absolute Gasteiger partial charge is 0.250 e. The van der Waals surface area contributed by atoms with Crippen LogP contribution in [-0.2, 0) is 0 Å². The molecule has 0 aliphatic rings. The zero-order chi connectivity index (χ0) is 16.9. The van der Waals surface area contributed by atoms with E-state index < -0.39 is 0 Å². The minimum atomic E-state index is 0.446. The molecule has 3 rings (SSSR count). The van der Waals surface area contributed by atoms with Gasteiger partial charge in [-0.15, -0.1) is 0 Å². The smallest absolute Gasteiger partial charge is 0.216 e. The lowest BCUT2D eigenvalue weighted by atomic mass is 10.1. The Morgan fingerprint density at radius 2 is 1.88 bits per heavy atom. The third-order valence-corrected chi connectivity index (χ3v) is 4.06. The Labute approximate surface area is 153 Å². The predicted octanol–water partition coefficient (Wildman–Crippen LogP) is 5.19. The minimum Gasteiger partial charge on any atom is -0.250 e. The Bertz CT molecular complexity index is 937. The maximum absolute atomic E-state index is 5.28. The topological polar surface area (TPSA) is 46.0 Å². The highest BCUT2D eigenvalue weighted by Gasteiger charge is 2.07. The minimum absolute atomic E-state index is 0.446. The van der Waals surface area contributed by atoms with Crippen LogP contribution < -0.4 is 0 Å². The van der Waals surface area contributed by atoms with Gasteiger partial charge < -0.3 is 0 Å². The summed E-state index contributed by atoms with van der Waals surface area (Å²) in [7, 11) is 0. The molecule has 0 saturated carbocycles. The average Bonchev–Trinajstić information content (AvgIpc) is 2.95. The second kappa shape index (κ2) is 7.51. The van der Waals surface area contributed by atoms with Gasteiger partial charge in [0.25, 0.3) is 0 Å². The van der Waals surface area contributed by atoms with Gasteiger partial charge in [0.1, 0.15) is 0 Å². The lowest BCUT2D eigenvalue weighted by Crippen LogP contribution is -1.94. The van der Waals surface area contributed by atoms with Gasteiger partial charge in [-0.25, -0.2) is 5.10 Å². The molecule has 1 aromatic heterocycles. The number of aromatic amines is 1. The number of benzene rings is 2. The Hall–Kier alpha value is -2.31. The number of nitrogens with zero attached hydrogens (tertiary/aromatic N) is 3. The van der Waals surface area contributed by atoms with Crippen LogP contribution in [0.3, 0.4) is 0 Å². The van der Waals surface area contributed by atoms with Gasteiger partial charge in [0.2, 0.25) is 4.77 Å². The quantitative estimate of drug-likeness (QED) is 0.485. The summed E-state index contributed by atoms with van der Waals surface area (Å²) in [6.45, 7) is 2.05. The number of rotatable bonds is 4. The van der Waals surface area contributed by atoms with E-state index in [0.29, 0.717) is 10.6 Å². The summed E-state index contributed by atoms with van der Waals surface area (Å²) in [5.74, 6) is 0.677. The van der Waals surface area contributed by atoms with Gasteiger partial charge in [0.05, 0.1) is 6.21 Å². The van der Waals surface area contributed by atoms with Crippen molar-refractivity contribution in [3.63, 3.8) is 0 Å². The summed E-state index contributed by atoms with van der Waals surface area (Å²) in [6, 6.07) is 18.1. The van der Waals surface area contributed by atoms with Gasteiger partial charge in [-0.05, 0) is 46.7 Å². The van der Waals surface area contributed by atoms with Gasteiger partial charge in [-0.1, -0.05) is 60.2 Å². The molecule has 0 saturated heterocycles. The van der Waals surface area contributed by atoms with Crippen LogP contribution in [-0.4, -0.2) is 21.1 Å². The molecule has 0 aliphatic heterocycles. The van der Waals surface area contributed by atoms with Crippen molar-refractivity contribution >= 4 is 40.4 Å². The van der Waals surface area contributed by atoms with Crippen molar-refractivity contribution < 1.29 is 0 Å². The van der Waals surface area contributed by atoms with Crippen LogP contribution in [0.2, 0.25) is 0 Å². The van der Waals surface area contributed by atoms with E-state index in [0.717, 1.165) is 15.6 Å². The second-order valence-corrected chi connectivity index (χ2v) is 6.52. The molecule has 0 aliphatic carbocycles. The highest BCUT2D eigenvalue weighted by molar-refractivity contribution is 9.12. The number of nitrogens with one attached hydrogen (secondary N) is 1. The third kappa shape index (κ3) is 3.96. The summed E-state index contributed by atoms with van der Waals surface area (Å²) >= 11 is 8.79. The molecule has 4 nitrogen and oxygen atoms in total. The van der Waals surface area contributed by atoms with Gasteiger partial charge in [0, 0.05) is 10.0 Å². The van der Waals surface area contributed by atoms with E-state index in [1.165, 1.54) is 5.56 Å². The molecule has 3 aromatic rings. The fraction of sp³-hybridized carbons (Fsp3) is 0.0556. The number of hydrogen-bond acceptors (Lipinski definition) is 3. The molecule has 0 fully saturated rings. The molecule has 120 valence electrons. The number of hydrogen-bond donors (Lipinski definition) is 1. The number of allylic oxidation sites excluding steroid dienone is 1. The summed E-state index contributed by atoms with van der Waals surface area (Å²) < 4.78 is 2.90. The van der Waals surface area contributed by atoms with E-state index >= 15 is 0 Å². The SMILES string of the molecule is Cc1ccc(-c2n[nH]c(=S)n2N=C/C(Br)=C/c2ccccc2)cc1. The molecule has 1 heterocycles. The first-order valence-electron chi connectivity index (χ1n) is 7.34. The first kappa shape index (κ1) is 16.5. The third-order valence-electron chi connectivity index (χ3n) is 3.36. The highest BCUT2D eigenvalue weighted by atomic mass is 79.9. The lowest BCUT2D eigenvalue weighted by Gasteiger charge is -2.01. The molecule has 0 radical (unpaired) electrons. The Morgan fingerprint density at radius 3 is 2.58 bits per heavy atom. The molecule has 2 aromatic carbocycles. The summed E-state index contributed by atoms with van der Waals surface area (Å²) in [5, 5.41) is 11.5. The van der Waals surface area contributed by atoms with Crippen LogP contribution in [0.1, 0.15) is 11.1 Å². The molecule has 0 atom stereocenters. The molecule has 0 bridgehead atoms. The van der Waals surface area contributed by atoms with Crippen molar-refractivity contribution in [3.8, 4) is 11.4 Å². The first-order chi connectivity index (χ1) is 11.6. The van der Waals surface area contributed by atoms with Gasteiger partial charge >= 0.3 is 0 Å². The molecule has 0 unspecified atom stereocenters. The van der Waals surface area contributed by atoms with Crippen molar-refractivity contribution in [3.05, 3.63) is 75.0 Å². The fourth-order valence-corrected chi connectivity index (χ4v) is 2.68. The zero-order valence-electron chi connectivity index (χ0n) is 13.0. The van der Waals surface area contributed by atoms with Gasteiger partial charge in [-0.2, -0.15) is 14.9 Å². The average molecular weight is 399 g/mol. The van der Waals surface area contributed by atoms with E-state index in [4.69, 9.17) is 12.2 Å². The van der Waals surface area contributed by atoms with E-state index in [1.807, 2.05) is 67.6 Å². The lowest BCUT2D eigenvalue weighted by molar-refractivity contribution is 0.872. The Balaban J connectivity index is 1.90. The van der Waals surface area contributed by atoms with Crippen LogP contribution in [0.25, 0.3) is 17.5 Å². The zero-order valence-corrected chi connectivity index (χ0v) is 15.4. The standard InChI is InChI=1S/C18H15BrN4S/c1-13-7-9-15(10-8-13)17-21-22-18(24)23(17)20-12-16(19)11-14-5-3-2-4-6-14/h2-12H,1H3,(H,22,24)/b16-11-,20-12?. The Morgan fingerprint density at radius 1 is 1.17 bits per heavy atom. The van der Waals surface area contributed by atoms with Crippen LogP contribution in [0.15, 0.2) is 64.2 Å². The number of halogens is 1.